The van der Waals surface area contributed by atoms with Gasteiger partial charge in [-0.1, -0.05) is 66.7 Å². The predicted octanol–water partition coefficient (Wildman–Crippen LogP) is 3.51. The number of tetrazole rings is 2. The number of fused-ring (bicyclic) bond motifs is 3. The average molecular weight is 433 g/mol. The summed E-state index contributed by atoms with van der Waals surface area (Å²) in [6.07, 6.45) is 0. The first kappa shape index (κ1) is 19.1. The van der Waals surface area contributed by atoms with E-state index in [0.29, 0.717) is 18.0 Å². The van der Waals surface area contributed by atoms with Crippen LogP contribution in [0.4, 0.5) is 5.69 Å². The fourth-order valence-electron chi connectivity index (χ4n) is 4.05. The van der Waals surface area contributed by atoms with Crippen LogP contribution in [0, 0.1) is 0 Å². The number of hydrogen-bond acceptors (Lipinski definition) is 7. The Hall–Kier alpha value is -4.66. The summed E-state index contributed by atoms with van der Waals surface area (Å²) in [5, 5.41) is 29.9. The topological polar surface area (TPSA) is 98.7 Å². The Bertz CT molecular complexity index is 1520. The largest absolute Gasteiger partial charge is 0.371 e. The molecule has 0 fully saturated rings. The summed E-state index contributed by atoms with van der Waals surface area (Å²) in [5.74, 6) is 0.669. The fraction of sp³-hybridized carbons (Fsp3) is 0.0833. The van der Waals surface area contributed by atoms with Crippen LogP contribution in [0.1, 0.15) is 23.0 Å². The Morgan fingerprint density at radius 1 is 0.758 bits per heavy atom. The lowest BCUT2D eigenvalue weighted by Crippen LogP contribution is -2.20. The fourth-order valence-corrected chi connectivity index (χ4v) is 4.05. The lowest BCUT2D eigenvalue weighted by atomic mass is 10.0. The van der Waals surface area contributed by atoms with Crippen molar-refractivity contribution in [2.45, 2.75) is 12.6 Å². The molecule has 1 N–H and O–H groups in total. The van der Waals surface area contributed by atoms with Crippen LogP contribution in [-0.2, 0) is 6.54 Å². The van der Waals surface area contributed by atoms with Crippen molar-refractivity contribution in [1.29, 1.82) is 0 Å². The molecular weight excluding hydrogens is 414 g/mol. The van der Waals surface area contributed by atoms with Crippen LogP contribution in [0.5, 0.6) is 0 Å². The summed E-state index contributed by atoms with van der Waals surface area (Å²) >= 11 is 0. The Morgan fingerprint density at radius 3 is 2.33 bits per heavy atom. The summed E-state index contributed by atoms with van der Waals surface area (Å²) in [5.41, 5.74) is 4.51. The maximum atomic E-state index is 4.42. The van der Waals surface area contributed by atoms with E-state index < -0.39 is 0 Å². The van der Waals surface area contributed by atoms with E-state index in [1.54, 1.807) is 4.52 Å². The van der Waals surface area contributed by atoms with Gasteiger partial charge in [-0.3, -0.25) is 0 Å². The monoisotopic (exact) mass is 433 g/mol. The van der Waals surface area contributed by atoms with Crippen molar-refractivity contribution in [2.24, 2.45) is 0 Å². The van der Waals surface area contributed by atoms with Crippen molar-refractivity contribution < 1.29 is 0 Å². The zero-order valence-corrected chi connectivity index (χ0v) is 17.5. The van der Waals surface area contributed by atoms with E-state index in [0.717, 1.165) is 27.7 Å². The van der Waals surface area contributed by atoms with Crippen molar-refractivity contribution in [3.8, 4) is 0 Å². The molecule has 1 atom stereocenters. The molecule has 6 rings (SSSR count). The first-order valence-electron chi connectivity index (χ1n) is 10.6. The molecule has 1 unspecified atom stereocenters. The van der Waals surface area contributed by atoms with E-state index in [9.17, 15) is 0 Å². The van der Waals surface area contributed by atoms with E-state index in [-0.39, 0.29) is 6.04 Å². The lowest BCUT2D eigenvalue weighted by Gasteiger charge is -2.20. The van der Waals surface area contributed by atoms with Crippen molar-refractivity contribution in [2.75, 3.05) is 5.32 Å². The molecule has 0 aliphatic heterocycles. The highest BCUT2D eigenvalue weighted by atomic mass is 15.5. The third-order valence-corrected chi connectivity index (χ3v) is 5.59. The van der Waals surface area contributed by atoms with Crippen LogP contribution in [0.15, 0.2) is 91.0 Å². The number of aromatic nitrogens is 8. The van der Waals surface area contributed by atoms with Crippen LogP contribution in [0.2, 0.25) is 0 Å². The highest BCUT2D eigenvalue weighted by Gasteiger charge is 2.26. The number of benzene rings is 3. The number of pyridine rings is 1. The first-order valence-corrected chi connectivity index (χ1v) is 10.6. The van der Waals surface area contributed by atoms with Gasteiger partial charge >= 0.3 is 0 Å². The van der Waals surface area contributed by atoms with Gasteiger partial charge in [-0.15, -0.1) is 10.2 Å². The molecule has 0 spiro atoms. The van der Waals surface area contributed by atoms with Gasteiger partial charge in [0.2, 0.25) is 0 Å². The number of para-hydroxylation sites is 2. The van der Waals surface area contributed by atoms with Crippen LogP contribution >= 0.6 is 0 Å². The molecule has 0 bridgehead atoms. The average Bonchev–Trinajstić information content (AvgIpc) is 3.54. The van der Waals surface area contributed by atoms with E-state index >= 15 is 0 Å². The number of anilines is 1. The first-order chi connectivity index (χ1) is 16.4. The van der Waals surface area contributed by atoms with E-state index in [2.05, 4.69) is 54.6 Å². The van der Waals surface area contributed by atoms with Gasteiger partial charge < -0.3 is 5.32 Å². The molecule has 9 nitrogen and oxygen atoms in total. The van der Waals surface area contributed by atoms with Crippen molar-refractivity contribution in [3.63, 3.8) is 0 Å². The summed E-state index contributed by atoms with van der Waals surface area (Å²) in [7, 11) is 0. The molecular formula is C24H19N9. The lowest BCUT2D eigenvalue weighted by molar-refractivity contribution is 0.608. The van der Waals surface area contributed by atoms with Crippen LogP contribution < -0.4 is 5.32 Å². The van der Waals surface area contributed by atoms with E-state index in [4.69, 9.17) is 0 Å². The van der Waals surface area contributed by atoms with E-state index in [1.165, 1.54) is 0 Å². The second-order valence-electron chi connectivity index (χ2n) is 7.70. The van der Waals surface area contributed by atoms with Gasteiger partial charge in [0.05, 0.1) is 12.1 Å². The van der Waals surface area contributed by atoms with Crippen molar-refractivity contribution in [3.05, 3.63) is 108 Å². The predicted molar refractivity (Wildman–Crippen MR) is 124 cm³/mol. The second kappa shape index (κ2) is 8.12. The summed E-state index contributed by atoms with van der Waals surface area (Å²) in [6.45, 7) is 0.547. The highest BCUT2D eigenvalue weighted by Crippen LogP contribution is 2.30. The maximum Gasteiger partial charge on any atom is 0.185 e. The molecule has 9 heteroatoms. The van der Waals surface area contributed by atoms with E-state index in [1.807, 2.05) is 77.5 Å². The Kier molecular flexibility index (Phi) is 4.69. The highest BCUT2D eigenvalue weighted by molar-refractivity contribution is 5.83. The van der Waals surface area contributed by atoms with Crippen LogP contribution in [-0.4, -0.2) is 40.2 Å². The molecule has 0 aliphatic rings. The minimum atomic E-state index is -0.385. The second-order valence-corrected chi connectivity index (χ2v) is 7.70. The zero-order chi connectivity index (χ0) is 22.0. The minimum Gasteiger partial charge on any atom is -0.371 e. The molecule has 0 aliphatic carbocycles. The third kappa shape index (κ3) is 3.55. The van der Waals surface area contributed by atoms with Crippen molar-refractivity contribution >= 4 is 22.2 Å². The summed E-state index contributed by atoms with van der Waals surface area (Å²) in [4.78, 5) is 0. The summed E-state index contributed by atoms with van der Waals surface area (Å²) < 4.78 is 3.57. The quantitative estimate of drug-likeness (QED) is 0.429. The third-order valence-electron chi connectivity index (χ3n) is 5.59. The molecule has 3 aromatic heterocycles. The molecule has 3 heterocycles. The number of nitrogens with one attached hydrogen (secondary N) is 1. The molecule has 160 valence electrons. The molecule has 0 saturated carbocycles. The molecule has 33 heavy (non-hydrogen) atoms. The van der Waals surface area contributed by atoms with Crippen LogP contribution in [0.25, 0.3) is 16.6 Å². The Morgan fingerprint density at radius 2 is 1.48 bits per heavy atom. The Balaban J connectivity index is 1.53. The van der Waals surface area contributed by atoms with Gasteiger partial charge in [0.1, 0.15) is 6.04 Å². The van der Waals surface area contributed by atoms with Gasteiger partial charge in [-0.25, -0.2) is 4.68 Å². The zero-order valence-electron chi connectivity index (χ0n) is 17.5. The normalized spacial score (nSPS) is 12.2. The van der Waals surface area contributed by atoms with Gasteiger partial charge in [-0.05, 0) is 50.7 Å². The standard InChI is InChI=1S/C24H19N9/c1-3-9-17(10-4-1)16-32-24(27-28-30-32)22(25-19-12-5-2-6-13-19)20-15-18-11-7-8-14-21(18)33-23(20)26-29-31-33/h1-15,22,25H,16H2. The number of hydrogen-bond donors (Lipinski definition) is 1. The van der Waals surface area contributed by atoms with Gasteiger partial charge in [-0.2, -0.15) is 4.52 Å². The maximum absolute atomic E-state index is 4.42. The molecule has 6 aromatic rings. The van der Waals surface area contributed by atoms with Gasteiger partial charge in [0.15, 0.2) is 11.5 Å². The minimum absolute atomic E-state index is 0.385. The molecule has 3 aromatic carbocycles. The number of rotatable bonds is 6. The molecule has 0 radical (unpaired) electrons. The number of nitrogens with zero attached hydrogens (tertiary/aromatic N) is 8. The van der Waals surface area contributed by atoms with Crippen LogP contribution in [0.3, 0.4) is 0 Å². The van der Waals surface area contributed by atoms with Gasteiger partial charge in [0.25, 0.3) is 0 Å². The van der Waals surface area contributed by atoms with Crippen molar-refractivity contribution in [1.82, 2.24) is 40.2 Å². The SMILES string of the molecule is c1ccc(Cn2nnnc2C(Nc2ccccc2)c2cc3ccccc3n3nnnc23)cc1. The summed E-state index contributed by atoms with van der Waals surface area (Å²) in [6, 6.07) is 29.8. The molecule has 0 amide bonds. The molecule has 0 saturated heterocycles. The Labute approximate surface area is 188 Å². The van der Waals surface area contributed by atoms with Gasteiger partial charge in [0, 0.05) is 16.6 Å². The smallest absolute Gasteiger partial charge is 0.185 e.